The number of aliphatic hydroxyl groups excluding tert-OH is 1. The highest BCUT2D eigenvalue weighted by molar-refractivity contribution is 7.89. The van der Waals surface area contributed by atoms with Crippen LogP contribution in [-0.4, -0.2) is 55.2 Å². The zero-order valence-corrected chi connectivity index (χ0v) is 10.9. The molecule has 0 bridgehead atoms. The van der Waals surface area contributed by atoms with Gasteiger partial charge in [-0.05, 0) is 18.6 Å². The summed E-state index contributed by atoms with van der Waals surface area (Å²) in [4.78, 5) is 3.95. The van der Waals surface area contributed by atoms with Gasteiger partial charge >= 0.3 is 0 Å². The van der Waals surface area contributed by atoms with Gasteiger partial charge in [-0.2, -0.15) is 4.31 Å². The van der Waals surface area contributed by atoms with E-state index in [1.54, 1.807) is 13.2 Å². The van der Waals surface area contributed by atoms with E-state index in [1.165, 1.54) is 22.8 Å². The van der Waals surface area contributed by atoms with Gasteiger partial charge in [-0.15, -0.1) is 0 Å². The van der Waals surface area contributed by atoms with E-state index in [0.717, 1.165) is 0 Å². The molecule has 0 aromatic carbocycles. The summed E-state index contributed by atoms with van der Waals surface area (Å²) in [5.74, 6) is 0. The van der Waals surface area contributed by atoms with E-state index in [0.29, 0.717) is 6.42 Å². The number of hydrogen-bond donors (Lipinski definition) is 1. The Morgan fingerprint density at radius 2 is 2.39 bits per heavy atom. The monoisotopic (exact) mass is 272 g/mol. The van der Waals surface area contributed by atoms with Crippen molar-refractivity contribution in [2.45, 2.75) is 23.5 Å². The van der Waals surface area contributed by atoms with Crippen LogP contribution in [0.2, 0.25) is 0 Å². The quantitative estimate of drug-likeness (QED) is 0.824. The van der Waals surface area contributed by atoms with Crippen molar-refractivity contribution in [3.05, 3.63) is 24.5 Å². The summed E-state index contributed by atoms with van der Waals surface area (Å²) in [5, 5.41) is 9.28. The predicted octanol–water partition coefficient (Wildman–Crippen LogP) is -0.148. The molecule has 0 saturated carbocycles. The Hall–Kier alpha value is -1.02. The third-order valence-corrected chi connectivity index (χ3v) is 5.01. The third-order valence-electron chi connectivity index (χ3n) is 3.11. The molecule has 1 saturated heterocycles. The average molecular weight is 272 g/mol. The minimum absolute atomic E-state index is 0.139. The number of ether oxygens (including phenoxy) is 1. The summed E-state index contributed by atoms with van der Waals surface area (Å²) < 4.78 is 31.2. The van der Waals surface area contributed by atoms with Gasteiger partial charge in [-0.1, -0.05) is 0 Å². The van der Waals surface area contributed by atoms with Gasteiger partial charge in [0.2, 0.25) is 10.0 Å². The summed E-state index contributed by atoms with van der Waals surface area (Å²) in [6.45, 7) is 0.0539. The molecule has 0 aliphatic carbocycles. The van der Waals surface area contributed by atoms with Crippen LogP contribution in [0, 0.1) is 0 Å². The van der Waals surface area contributed by atoms with E-state index < -0.39 is 16.1 Å². The van der Waals surface area contributed by atoms with Crippen molar-refractivity contribution in [3.8, 4) is 0 Å². The normalized spacial score (nSPS) is 25.4. The highest BCUT2D eigenvalue weighted by Crippen LogP contribution is 2.26. The molecule has 0 amide bonds. The van der Waals surface area contributed by atoms with E-state index in [9.17, 15) is 13.5 Å². The number of pyridine rings is 1. The van der Waals surface area contributed by atoms with E-state index >= 15 is 0 Å². The molecule has 0 radical (unpaired) electrons. The van der Waals surface area contributed by atoms with Crippen molar-refractivity contribution in [1.29, 1.82) is 0 Å². The van der Waals surface area contributed by atoms with Gasteiger partial charge in [-0.3, -0.25) is 4.98 Å². The van der Waals surface area contributed by atoms with Gasteiger partial charge in [0, 0.05) is 26.0 Å². The molecule has 1 aromatic rings. The number of hydrogen-bond acceptors (Lipinski definition) is 5. The van der Waals surface area contributed by atoms with E-state index in [1.807, 2.05) is 0 Å². The average Bonchev–Trinajstić information content (AvgIpc) is 2.84. The molecule has 2 rings (SSSR count). The van der Waals surface area contributed by atoms with Crippen LogP contribution < -0.4 is 0 Å². The van der Waals surface area contributed by atoms with Crippen LogP contribution in [0.15, 0.2) is 29.4 Å². The topological polar surface area (TPSA) is 79.7 Å². The minimum Gasteiger partial charge on any atom is -0.395 e. The van der Waals surface area contributed by atoms with Crippen LogP contribution in [0.25, 0.3) is 0 Å². The lowest BCUT2D eigenvalue weighted by Gasteiger charge is -2.21. The smallest absolute Gasteiger partial charge is 0.245 e. The summed E-state index contributed by atoms with van der Waals surface area (Å²) in [7, 11) is -2.07. The van der Waals surface area contributed by atoms with Crippen LogP contribution >= 0.6 is 0 Å². The Balaban J connectivity index is 2.30. The van der Waals surface area contributed by atoms with Crippen molar-refractivity contribution in [2.75, 3.05) is 20.3 Å². The van der Waals surface area contributed by atoms with Crippen molar-refractivity contribution in [2.24, 2.45) is 0 Å². The first kappa shape index (κ1) is 13.4. The zero-order valence-electron chi connectivity index (χ0n) is 10.1. The van der Waals surface area contributed by atoms with Crippen LogP contribution in [-0.2, 0) is 14.8 Å². The Morgan fingerprint density at radius 3 is 2.94 bits per heavy atom. The second kappa shape index (κ2) is 5.31. The molecular weight excluding hydrogens is 256 g/mol. The largest absolute Gasteiger partial charge is 0.395 e. The predicted molar refractivity (Wildman–Crippen MR) is 64.4 cm³/mol. The third kappa shape index (κ3) is 2.39. The Morgan fingerprint density at radius 1 is 1.61 bits per heavy atom. The standard InChI is InChI=1S/C11H16N2O4S/c1-17-10-5-9(8-14)13(7-10)18(15,16)11-3-2-4-12-6-11/h2-4,6,9-10,14H,5,7-8H2,1H3/t9-,10+/m0/s1. The van der Waals surface area contributed by atoms with Crippen molar-refractivity contribution >= 4 is 10.0 Å². The molecule has 1 N–H and O–H groups in total. The lowest BCUT2D eigenvalue weighted by molar-refractivity contribution is 0.113. The Labute approximate surface area is 106 Å². The molecule has 1 aliphatic heterocycles. The fourth-order valence-corrected chi connectivity index (χ4v) is 3.73. The molecule has 1 aliphatic rings. The first-order chi connectivity index (χ1) is 8.59. The molecule has 18 heavy (non-hydrogen) atoms. The van der Waals surface area contributed by atoms with Crippen LogP contribution in [0.1, 0.15) is 6.42 Å². The summed E-state index contributed by atoms with van der Waals surface area (Å²) >= 11 is 0. The minimum atomic E-state index is -3.61. The summed E-state index contributed by atoms with van der Waals surface area (Å²) in [6.07, 6.45) is 3.16. The molecular formula is C11H16N2O4S. The maximum Gasteiger partial charge on any atom is 0.245 e. The molecule has 2 atom stereocenters. The van der Waals surface area contributed by atoms with E-state index in [2.05, 4.69) is 4.98 Å². The maximum absolute atomic E-state index is 12.4. The molecule has 1 fully saturated rings. The lowest BCUT2D eigenvalue weighted by atomic mass is 10.2. The molecule has 7 heteroatoms. The fraction of sp³-hybridized carbons (Fsp3) is 0.545. The zero-order chi connectivity index (χ0) is 13.2. The van der Waals surface area contributed by atoms with E-state index in [-0.39, 0.29) is 24.2 Å². The first-order valence-corrected chi connectivity index (χ1v) is 7.09. The van der Waals surface area contributed by atoms with Crippen molar-refractivity contribution in [3.63, 3.8) is 0 Å². The molecule has 0 unspecified atom stereocenters. The maximum atomic E-state index is 12.4. The number of sulfonamides is 1. The highest BCUT2D eigenvalue weighted by atomic mass is 32.2. The van der Waals surface area contributed by atoms with Gasteiger partial charge in [0.05, 0.1) is 18.8 Å². The first-order valence-electron chi connectivity index (χ1n) is 5.65. The van der Waals surface area contributed by atoms with Crippen LogP contribution in [0.4, 0.5) is 0 Å². The lowest BCUT2D eigenvalue weighted by Crippen LogP contribution is -2.38. The second-order valence-electron chi connectivity index (χ2n) is 4.19. The summed E-state index contributed by atoms with van der Waals surface area (Å²) in [5.41, 5.74) is 0. The number of aliphatic hydroxyl groups is 1. The molecule has 0 spiro atoms. The Kier molecular flexibility index (Phi) is 3.96. The van der Waals surface area contributed by atoms with Gasteiger partial charge in [0.25, 0.3) is 0 Å². The molecule has 6 nitrogen and oxygen atoms in total. The van der Waals surface area contributed by atoms with Gasteiger partial charge < -0.3 is 9.84 Å². The van der Waals surface area contributed by atoms with Crippen molar-refractivity contribution in [1.82, 2.24) is 9.29 Å². The van der Waals surface area contributed by atoms with Crippen molar-refractivity contribution < 1.29 is 18.3 Å². The number of aromatic nitrogens is 1. The Bertz CT molecular complexity index is 491. The van der Waals surface area contributed by atoms with Crippen LogP contribution in [0.3, 0.4) is 0 Å². The van der Waals surface area contributed by atoms with Crippen LogP contribution in [0.5, 0.6) is 0 Å². The van der Waals surface area contributed by atoms with E-state index in [4.69, 9.17) is 4.74 Å². The number of methoxy groups -OCH3 is 1. The highest BCUT2D eigenvalue weighted by Gasteiger charge is 2.40. The second-order valence-corrected chi connectivity index (χ2v) is 6.08. The molecule has 100 valence electrons. The molecule has 2 heterocycles. The number of rotatable bonds is 4. The van der Waals surface area contributed by atoms with Gasteiger partial charge in [0.15, 0.2) is 0 Å². The van der Waals surface area contributed by atoms with Gasteiger partial charge in [-0.25, -0.2) is 8.42 Å². The molecule has 1 aromatic heterocycles. The SMILES string of the molecule is CO[C@@H]1C[C@@H](CO)N(S(=O)(=O)c2cccnc2)C1. The summed E-state index contributed by atoms with van der Waals surface area (Å²) in [6, 6.07) is 2.64. The number of nitrogens with zero attached hydrogens (tertiary/aromatic N) is 2. The van der Waals surface area contributed by atoms with Gasteiger partial charge in [0.1, 0.15) is 4.90 Å². The fourth-order valence-electron chi connectivity index (χ4n) is 2.11.